The van der Waals surface area contributed by atoms with Gasteiger partial charge in [0.05, 0.1) is 0 Å². The lowest BCUT2D eigenvalue weighted by Gasteiger charge is -2.28. The molecular formula is C11H20N2. The van der Waals surface area contributed by atoms with Gasteiger partial charge in [-0.05, 0) is 16.9 Å². The molecular weight excluding hydrogens is 160 g/mol. The van der Waals surface area contributed by atoms with Crippen molar-refractivity contribution in [2.75, 3.05) is 6.67 Å². The van der Waals surface area contributed by atoms with Crippen molar-refractivity contribution < 1.29 is 0 Å². The minimum Gasteiger partial charge on any atom is -0.369 e. The van der Waals surface area contributed by atoms with Crippen molar-refractivity contribution in [1.29, 1.82) is 0 Å². The van der Waals surface area contributed by atoms with Crippen LogP contribution >= 0.6 is 0 Å². The smallest absolute Gasteiger partial charge is 0.107 e. The Hall–Kier alpha value is -0.790. The summed E-state index contributed by atoms with van der Waals surface area (Å²) < 4.78 is 0. The standard InChI is InChI=1S/C11H20N2/c1-8(2)10-9(11(3,4)5)6-12-7-13-10/h6,8,13H,7H2,1-5H3. The van der Waals surface area contributed by atoms with Crippen LogP contribution in [0.15, 0.2) is 16.3 Å². The first kappa shape index (κ1) is 10.3. The normalized spacial score (nSPS) is 18.0. The Morgan fingerprint density at radius 1 is 1.38 bits per heavy atom. The molecule has 0 saturated heterocycles. The van der Waals surface area contributed by atoms with E-state index in [4.69, 9.17) is 0 Å². The van der Waals surface area contributed by atoms with Crippen LogP contribution < -0.4 is 5.32 Å². The van der Waals surface area contributed by atoms with Crippen molar-refractivity contribution in [1.82, 2.24) is 5.32 Å². The average molecular weight is 180 g/mol. The lowest BCUT2D eigenvalue weighted by molar-refractivity contribution is 0.495. The van der Waals surface area contributed by atoms with Gasteiger partial charge in [0, 0.05) is 11.9 Å². The zero-order chi connectivity index (χ0) is 10.1. The largest absolute Gasteiger partial charge is 0.369 e. The first-order chi connectivity index (χ1) is 5.93. The zero-order valence-electron chi connectivity index (χ0n) is 9.31. The molecule has 2 nitrogen and oxygen atoms in total. The van der Waals surface area contributed by atoms with Crippen LogP contribution in [0, 0.1) is 11.3 Å². The fourth-order valence-electron chi connectivity index (χ4n) is 1.55. The maximum absolute atomic E-state index is 4.26. The molecule has 1 heterocycles. The van der Waals surface area contributed by atoms with Gasteiger partial charge in [0.1, 0.15) is 6.67 Å². The Morgan fingerprint density at radius 2 is 2.00 bits per heavy atom. The lowest BCUT2D eigenvalue weighted by atomic mass is 9.83. The van der Waals surface area contributed by atoms with E-state index in [0.29, 0.717) is 5.92 Å². The second-order valence-electron chi connectivity index (χ2n) is 4.88. The van der Waals surface area contributed by atoms with E-state index < -0.39 is 0 Å². The third-order valence-electron chi connectivity index (χ3n) is 2.26. The van der Waals surface area contributed by atoms with Crippen molar-refractivity contribution in [3.8, 4) is 0 Å². The molecule has 0 aromatic rings. The van der Waals surface area contributed by atoms with Crippen molar-refractivity contribution in [2.45, 2.75) is 34.6 Å². The zero-order valence-corrected chi connectivity index (χ0v) is 9.31. The van der Waals surface area contributed by atoms with Crippen LogP contribution in [0.1, 0.15) is 34.6 Å². The molecule has 1 rings (SSSR count). The molecule has 13 heavy (non-hydrogen) atoms. The number of nitrogens with one attached hydrogen (secondary N) is 1. The first-order valence-corrected chi connectivity index (χ1v) is 4.91. The summed E-state index contributed by atoms with van der Waals surface area (Å²) in [5, 5.41) is 3.36. The molecule has 0 unspecified atom stereocenters. The molecule has 0 saturated carbocycles. The number of hydrogen-bond donors (Lipinski definition) is 1. The summed E-state index contributed by atoms with van der Waals surface area (Å²) >= 11 is 0. The molecule has 0 aliphatic carbocycles. The highest BCUT2D eigenvalue weighted by molar-refractivity contribution is 5.82. The van der Waals surface area contributed by atoms with E-state index in [1.807, 2.05) is 6.21 Å². The highest BCUT2D eigenvalue weighted by Gasteiger charge is 2.22. The summed E-state index contributed by atoms with van der Waals surface area (Å²) in [6.07, 6.45) is 2.02. The summed E-state index contributed by atoms with van der Waals surface area (Å²) in [5.74, 6) is 0.556. The van der Waals surface area contributed by atoms with Crippen molar-refractivity contribution in [3.05, 3.63) is 11.3 Å². The van der Waals surface area contributed by atoms with Crippen LogP contribution in [0.25, 0.3) is 0 Å². The van der Waals surface area contributed by atoms with Gasteiger partial charge in [0.2, 0.25) is 0 Å². The average Bonchev–Trinajstić information content (AvgIpc) is 2.03. The fraction of sp³-hybridized carbons (Fsp3) is 0.727. The highest BCUT2D eigenvalue weighted by Crippen LogP contribution is 2.29. The molecule has 0 spiro atoms. The molecule has 0 aromatic heterocycles. The molecule has 0 bridgehead atoms. The van der Waals surface area contributed by atoms with Gasteiger partial charge in [0.25, 0.3) is 0 Å². The molecule has 1 aliphatic rings. The summed E-state index contributed by atoms with van der Waals surface area (Å²) in [4.78, 5) is 4.26. The Bertz CT molecular complexity index is 241. The van der Waals surface area contributed by atoms with Gasteiger partial charge in [-0.3, -0.25) is 4.99 Å². The van der Waals surface area contributed by atoms with Gasteiger partial charge in [-0.2, -0.15) is 0 Å². The van der Waals surface area contributed by atoms with Gasteiger partial charge >= 0.3 is 0 Å². The van der Waals surface area contributed by atoms with E-state index in [0.717, 1.165) is 6.67 Å². The van der Waals surface area contributed by atoms with Gasteiger partial charge < -0.3 is 5.32 Å². The van der Waals surface area contributed by atoms with Crippen LogP contribution in [0.3, 0.4) is 0 Å². The molecule has 0 fully saturated rings. The maximum Gasteiger partial charge on any atom is 0.107 e. The van der Waals surface area contributed by atoms with Gasteiger partial charge in [-0.25, -0.2) is 0 Å². The Balaban J connectivity index is 3.05. The second kappa shape index (κ2) is 3.52. The van der Waals surface area contributed by atoms with E-state index in [2.05, 4.69) is 44.9 Å². The van der Waals surface area contributed by atoms with Crippen molar-refractivity contribution >= 4 is 6.21 Å². The van der Waals surface area contributed by atoms with Crippen LogP contribution in [-0.4, -0.2) is 12.9 Å². The molecule has 0 atom stereocenters. The molecule has 0 aromatic carbocycles. The Morgan fingerprint density at radius 3 is 2.38 bits per heavy atom. The van der Waals surface area contributed by atoms with Crippen LogP contribution in [0.2, 0.25) is 0 Å². The predicted molar refractivity (Wildman–Crippen MR) is 57.8 cm³/mol. The topological polar surface area (TPSA) is 24.4 Å². The fourth-order valence-corrected chi connectivity index (χ4v) is 1.55. The van der Waals surface area contributed by atoms with E-state index in [1.54, 1.807) is 0 Å². The first-order valence-electron chi connectivity index (χ1n) is 4.91. The number of nitrogens with zero attached hydrogens (tertiary/aromatic N) is 1. The van der Waals surface area contributed by atoms with E-state index in [9.17, 15) is 0 Å². The Kier molecular flexibility index (Phi) is 2.79. The SMILES string of the molecule is CC(C)C1=C(C(C)(C)C)C=NCN1. The van der Waals surface area contributed by atoms with E-state index >= 15 is 0 Å². The number of aliphatic imine (C=N–C) groups is 1. The molecule has 1 N–H and O–H groups in total. The van der Waals surface area contributed by atoms with Crippen molar-refractivity contribution in [3.63, 3.8) is 0 Å². The van der Waals surface area contributed by atoms with Gasteiger partial charge in [-0.15, -0.1) is 0 Å². The predicted octanol–water partition coefficient (Wildman–Crippen LogP) is 2.57. The number of allylic oxidation sites excluding steroid dienone is 2. The summed E-state index contributed by atoms with van der Waals surface area (Å²) in [6, 6.07) is 0. The monoisotopic (exact) mass is 180 g/mol. The highest BCUT2D eigenvalue weighted by atomic mass is 15.0. The van der Waals surface area contributed by atoms with Crippen LogP contribution in [0.5, 0.6) is 0 Å². The number of rotatable bonds is 1. The summed E-state index contributed by atoms with van der Waals surface area (Å²) in [6.45, 7) is 11.8. The van der Waals surface area contributed by atoms with Crippen molar-refractivity contribution in [2.24, 2.45) is 16.3 Å². The lowest BCUT2D eigenvalue weighted by Crippen LogP contribution is -2.28. The molecule has 2 heteroatoms. The maximum atomic E-state index is 4.26. The summed E-state index contributed by atoms with van der Waals surface area (Å²) in [5.41, 5.74) is 2.88. The Labute approximate surface area is 81.1 Å². The van der Waals surface area contributed by atoms with Gasteiger partial charge in [0.15, 0.2) is 0 Å². The number of hydrogen-bond acceptors (Lipinski definition) is 2. The summed E-state index contributed by atoms with van der Waals surface area (Å²) in [7, 11) is 0. The second-order valence-corrected chi connectivity index (χ2v) is 4.88. The minimum atomic E-state index is 0.191. The quantitative estimate of drug-likeness (QED) is 0.659. The van der Waals surface area contributed by atoms with Gasteiger partial charge in [-0.1, -0.05) is 34.6 Å². The molecule has 0 amide bonds. The van der Waals surface area contributed by atoms with E-state index in [1.165, 1.54) is 11.3 Å². The van der Waals surface area contributed by atoms with Crippen LogP contribution in [0.4, 0.5) is 0 Å². The molecule has 1 aliphatic heterocycles. The minimum absolute atomic E-state index is 0.191. The third-order valence-corrected chi connectivity index (χ3v) is 2.26. The molecule has 0 radical (unpaired) electrons. The third kappa shape index (κ3) is 2.33. The van der Waals surface area contributed by atoms with E-state index in [-0.39, 0.29) is 5.41 Å². The van der Waals surface area contributed by atoms with Crippen LogP contribution in [-0.2, 0) is 0 Å². The molecule has 74 valence electrons.